The fourth-order valence-corrected chi connectivity index (χ4v) is 5.59. The maximum atomic E-state index is 12.5. The van der Waals surface area contributed by atoms with Crippen LogP contribution in [0.3, 0.4) is 0 Å². The third-order valence-corrected chi connectivity index (χ3v) is 8.34. The van der Waals surface area contributed by atoms with Gasteiger partial charge in [-0.25, -0.2) is 0 Å². The second kappa shape index (κ2) is 14.5. The summed E-state index contributed by atoms with van der Waals surface area (Å²) in [6.07, 6.45) is 3.83. The first-order valence-corrected chi connectivity index (χ1v) is 14.1. The molecule has 6 nitrogen and oxygen atoms in total. The van der Waals surface area contributed by atoms with Gasteiger partial charge in [-0.15, -0.1) is 0 Å². The van der Waals surface area contributed by atoms with E-state index in [0.29, 0.717) is 5.75 Å². The molecular formula is C27H33ClN4O2S2. The Bertz CT molecular complexity index is 1110. The molecule has 0 atom stereocenters. The standard InChI is InChI=1S/C27H33ClN4O2S2/c1-19-16-21(8-9-24(19)28)17-32-13-10-23(11-14-32)31-26(34)18-36-27(29-3)35-15-12-22-6-4-5-7-25(22)30-20(2)33/h4-9,12,15-16,23H,10-11,13-14,17-18H2,1-3H3,(H,30,33)(H,31,34)/b15-12+,29-27?. The van der Waals surface area contributed by atoms with E-state index >= 15 is 0 Å². The fraction of sp³-hybridized carbons (Fsp3) is 0.370. The van der Waals surface area contributed by atoms with E-state index in [1.165, 1.54) is 36.0 Å². The van der Waals surface area contributed by atoms with Crippen molar-refractivity contribution in [3.63, 3.8) is 0 Å². The number of aryl methyl sites for hydroxylation is 1. The van der Waals surface area contributed by atoms with Crippen molar-refractivity contribution in [2.45, 2.75) is 39.3 Å². The molecule has 3 rings (SSSR count). The zero-order chi connectivity index (χ0) is 25.9. The molecule has 2 N–H and O–H groups in total. The number of anilines is 1. The summed E-state index contributed by atoms with van der Waals surface area (Å²) in [6.45, 7) is 6.35. The van der Waals surface area contributed by atoms with Crippen molar-refractivity contribution in [3.8, 4) is 0 Å². The largest absolute Gasteiger partial charge is 0.353 e. The number of nitrogens with one attached hydrogen (secondary N) is 2. The molecule has 9 heteroatoms. The van der Waals surface area contributed by atoms with Crippen LogP contribution < -0.4 is 10.6 Å². The molecule has 0 radical (unpaired) electrons. The van der Waals surface area contributed by atoms with Gasteiger partial charge in [0.25, 0.3) is 0 Å². The number of nitrogens with zero attached hydrogens (tertiary/aromatic N) is 2. The van der Waals surface area contributed by atoms with Crippen molar-refractivity contribution in [2.24, 2.45) is 4.99 Å². The zero-order valence-electron chi connectivity index (χ0n) is 20.9. The number of halogens is 1. The number of hydrogen-bond acceptors (Lipinski definition) is 6. The maximum absolute atomic E-state index is 12.5. The Hall–Kier alpha value is -2.26. The molecule has 2 aromatic rings. The van der Waals surface area contributed by atoms with Crippen molar-refractivity contribution in [3.05, 3.63) is 69.6 Å². The molecule has 0 aromatic heterocycles. The number of aliphatic imine (C=N–C) groups is 1. The van der Waals surface area contributed by atoms with Crippen molar-refractivity contribution >= 4 is 63.1 Å². The van der Waals surface area contributed by atoms with Gasteiger partial charge in [-0.2, -0.15) is 0 Å². The normalized spacial score (nSPS) is 15.3. The summed E-state index contributed by atoms with van der Waals surface area (Å²) < 4.78 is 0.812. The lowest BCUT2D eigenvalue weighted by atomic mass is 10.0. The Balaban J connectivity index is 1.38. The van der Waals surface area contributed by atoms with Crippen molar-refractivity contribution < 1.29 is 9.59 Å². The molecular weight excluding hydrogens is 512 g/mol. The molecule has 0 unspecified atom stereocenters. The SMILES string of the molecule is CN=C(S/C=C/c1ccccc1NC(C)=O)SCC(=O)NC1CCN(Cc2ccc(Cl)c(C)c2)CC1. The summed E-state index contributed by atoms with van der Waals surface area (Å²) in [7, 11) is 1.73. The molecule has 1 aliphatic rings. The molecule has 0 bridgehead atoms. The van der Waals surface area contributed by atoms with Gasteiger partial charge in [0, 0.05) is 50.4 Å². The van der Waals surface area contributed by atoms with E-state index in [2.05, 4.69) is 32.7 Å². The number of hydrogen-bond donors (Lipinski definition) is 2. The Kier molecular flexibility index (Phi) is 11.4. The van der Waals surface area contributed by atoms with Gasteiger partial charge >= 0.3 is 0 Å². The van der Waals surface area contributed by atoms with E-state index in [1.54, 1.807) is 7.05 Å². The van der Waals surface area contributed by atoms with Gasteiger partial charge in [0.05, 0.1) is 5.75 Å². The van der Waals surface area contributed by atoms with Crippen LogP contribution in [0.1, 0.15) is 36.5 Å². The summed E-state index contributed by atoms with van der Waals surface area (Å²) >= 11 is 9.03. The van der Waals surface area contributed by atoms with Crippen LogP contribution in [0.5, 0.6) is 0 Å². The smallest absolute Gasteiger partial charge is 0.230 e. The molecule has 2 amide bonds. The van der Waals surface area contributed by atoms with E-state index in [4.69, 9.17) is 11.6 Å². The van der Waals surface area contributed by atoms with E-state index < -0.39 is 0 Å². The number of amides is 2. The molecule has 1 saturated heterocycles. The van der Waals surface area contributed by atoms with Crippen molar-refractivity contribution in [2.75, 3.05) is 31.2 Å². The predicted octanol–water partition coefficient (Wildman–Crippen LogP) is 5.81. The summed E-state index contributed by atoms with van der Waals surface area (Å²) in [5.74, 6) is 0.261. The first kappa shape index (κ1) is 28.3. The van der Waals surface area contributed by atoms with Crippen LogP contribution in [0.25, 0.3) is 6.08 Å². The Morgan fingerprint density at radius 3 is 2.64 bits per heavy atom. The van der Waals surface area contributed by atoms with Crippen LogP contribution in [0.4, 0.5) is 5.69 Å². The minimum atomic E-state index is -0.108. The second-order valence-electron chi connectivity index (χ2n) is 8.67. The van der Waals surface area contributed by atoms with Crippen LogP contribution in [-0.4, -0.2) is 53.0 Å². The average molecular weight is 545 g/mol. The molecule has 0 aliphatic carbocycles. The Morgan fingerprint density at radius 1 is 1.19 bits per heavy atom. The molecule has 2 aromatic carbocycles. The molecule has 36 heavy (non-hydrogen) atoms. The lowest BCUT2D eigenvalue weighted by Crippen LogP contribution is -2.44. The predicted molar refractivity (Wildman–Crippen MR) is 156 cm³/mol. The third kappa shape index (κ3) is 9.32. The van der Waals surface area contributed by atoms with Gasteiger partial charge < -0.3 is 10.6 Å². The van der Waals surface area contributed by atoms with Crippen LogP contribution >= 0.6 is 35.1 Å². The topological polar surface area (TPSA) is 73.8 Å². The molecule has 1 heterocycles. The molecule has 0 saturated carbocycles. The fourth-order valence-electron chi connectivity index (χ4n) is 3.96. The van der Waals surface area contributed by atoms with E-state index in [9.17, 15) is 9.59 Å². The molecule has 1 aliphatic heterocycles. The van der Waals surface area contributed by atoms with Crippen molar-refractivity contribution in [1.82, 2.24) is 10.2 Å². The number of carbonyl (C=O) groups excluding carboxylic acids is 2. The molecule has 192 valence electrons. The van der Waals surface area contributed by atoms with Crippen LogP contribution in [-0.2, 0) is 16.1 Å². The van der Waals surface area contributed by atoms with Gasteiger partial charge in [-0.05, 0) is 60.1 Å². The second-order valence-corrected chi connectivity index (χ2v) is 11.2. The number of thioether (sulfide) groups is 2. The van der Waals surface area contributed by atoms with Gasteiger partial charge in [0.15, 0.2) is 0 Å². The summed E-state index contributed by atoms with van der Waals surface area (Å²) in [5.41, 5.74) is 4.05. The van der Waals surface area contributed by atoms with Gasteiger partial charge in [-0.1, -0.05) is 65.5 Å². The molecule has 1 fully saturated rings. The average Bonchev–Trinajstić information content (AvgIpc) is 2.85. The van der Waals surface area contributed by atoms with Crippen molar-refractivity contribution in [1.29, 1.82) is 0 Å². The lowest BCUT2D eigenvalue weighted by Gasteiger charge is -2.32. The van der Waals surface area contributed by atoms with Crippen LogP contribution in [0, 0.1) is 6.92 Å². The lowest BCUT2D eigenvalue weighted by molar-refractivity contribution is -0.119. The maximum Gasteiger partial charge on any atom is 0.230 e. The number of benzene rings is 2. The molecule has 0 spiro atoms. The summed E-state index contributed by atoms with van der Waals surface area (Å²) in [5, 5.41) is 8.73. The van der Waals surface area contributed by atoms with Gasteiger partial charge in [0.1, 0.15) is 4.38 Å². The number of piperidine rings is 1. The third-order valence-electron chi connectivity index (χ3n) is 5.78. The first-order chi connectivity index (χ1) is 17.3. The number of likely N-dealkylation sites (tertiary alicyclic amines) is 1. The first-order valence-electron chi connectivity index (χ1n) is 11.9. The summed E-state index contributed by atoms with van der Waals surface area (Å²) in [4.78, 5) is 30.6. The number of rotatable bonds is 8. The van der Waals surface area contributed by atoms with Crippen LogP contribution in [0.15, 0.2) is 52.9 Å². The van der Waals surface area contributed by atoms with Crippen LogP contribution in [0.2, 0.25) is 5.02 Å². The van der Waals surface area contributed by atoms with E-state index in [1.807, 2.05) is 48.7 Å². The van der Waals surface area contributed by atoms with E-state index in [-0.39, 0.29) is 17.9 Å². The number of carbonyl (C=O) groups is 2. The Labute approximate surface area is 227 Å². The van der Waals surface area contributed by atoms with Gasteiger partial charge in [-0.3, -0.25) is 19.5 Å². The highest BCUT2D eigenvalue weighted by Crippen LogP contribution is 2.23. The number of para-hydroxylation sites is 1. The minimum Gasteiger partial charge on any atom is -0.353 e. The van der Waals surface area contributed by atoms with E-state index in [0.717, 1.165) is 58.7 Å². The highest BCUT2D eigenvalue weighted by atomic mass is 35.5. The monoisotopic (exact) mass is 544 g/mol. The quantitative estimate of drug-likeness (QED) is 0.324. The Morgan fingerprint density at radius 2 is 1.94 bits per heavy atom. The highest BCUT2D eigenvalue weighted by molar-refractivity contribution is 8.40. The highest BCUT2D eigenvalue weighted by Gasteiger charge is 2.21. The minimum absolute atomic E-state index is 0.0357. The zero-order valence-corrected chi connectivity index (χ0v) is 23.3. The van der Waals surface area contributed by atoms with Gasteiger partial charge in [0.2, 0.25) is 11.8 Å². The summed E-state index contributed by atoms with van der Waals surface area (Å²) in [6, 6.07) is 14.0.